The summed E-state index contributed by atoms with van der Waals surface area (Å²) in [6, 6.07) is 0.624. The van der Waals surface area contributed by atoms with Gasteiger partial charge in [-0.2, -0.15) is 11.8 Å². The first-order valence-electron chi connectivity index (χ1n) is 5.70. The molecule has 3 unspecified atom stereocenters. The Hall–Kier alpha value is 0.230. The number of rotatable bonds is 6. The van der Waals surface area contributed by atoms with Gasteiger partial charge in [0.15, 0.2) is 0 Å². The molecule has 3 nitrogen and oxygen atoms in total. The molecule has 3 atom stereocenters. The van der Waals surface area contributed by atoms with E-state index in [1.54, 1.807) is 0 Å². The Labute approximate surface area is 97.6 Å². The predicted octanol–water partition coefficient (Wildman–Crippen LogP) is 0.783. The Bertz CT molecular complexity index is 178. The van der Waals surface area contributed by atoms with Crippen molar-refractivity contribution in [1.82, 2.24) is 10.2 Å². The van der Waals surface area contributed by atoms with E-state index in [-0.39, 0.29) is 6.10 Å². The van der Waals surface area contributed by atoms with Crippen LogP contribution in [-0.4, -0.2) is 60.8 Å². The first kappa shape index (κ1) is 13.3. The van der Waals surface area contributed by atoms with Crippen LogP contribution in [0.15, 0.2) is 0 Å². The SMILES string of the molecule is CSC1CCC(NCC(O)CN(C)C)C1. The predicted molar refractivity (Wildman–Crippen MR) is 67.5 cm³/mol. The lowest BCUT2D eigenvalue weighted by atomic mass is 10.2. The van der Waals surface area contributed by atoms with E-state index in [4.69, 9.17) is 0 Å². The van der Waals surface area contributed by atoms with Gasteiger partial charge < -0.3 is 15.3 Å². The van der Waals surface area contributed by atoms with Crippen LogP contribution >= 0.6 is 11.8 Å². The van der Waals surface area contributed by atoms with Crippen LogP contribution in [0.4, 0.5) is 0 Å². The molecule has 0 radical (unpaired) electrons. The minimum absolute atomic E-state index is 0.242. The molecule has 0 spiro atoms. The molecular weight excluding hydrogens is 208 g/mol. The van der Waals surface area contributed by atoms with Crippen LogP contribution in [0.3, 0.4) is 0 Å². The molecular formula is C11H24N2OS. The normalized spacial score (nSPS) is 28.6. The fourth-order valence-electron chi connectivity index (χ4n) is 2.13. The second kappa shape index (κ2) is 6.74. The average molecular weight is 232 g/mol. The van der Waals surface area contributed by atoms with E-state index in [9.17, 15) is 5.11 Å². The fourth-order valence-corrected chi connectivity index (χ4v) is 2.92. The monoisotopic (exact) mass is 232 g/mol. The molecule has 0 bridgehead atoms. The molecule has 0 heterocycles. The zero-order valence-electron chi connectivity index (χ0n) is 10.1. The van der Waals surface area contributed by atoms with Gasteiger partial charge in [0.25, 0.3) is 0 Å². The van der Waals surface area contributed by atoms with Gasteiger partial charge in [0.05, 0.1) is 6.10 Å². The first-order chi connectivity index (χ1) is 7.11. The highest BCUT2D eigenvalue weighted by molar-refractivity contribution is 7.99. The summed E-state index contributed by atoms with van der Waals surface area (Å²) in [5, 5.41) is 14.0. The highest BCUT2D eigenvalue weighted by Crippen LogP contribution is 2.27. The number of likely N-dealkylation sites (N-methyl/N-ethyl adjacent to an activating group) is 1. The molecule has 90 valence electrons. The Morgan fingerprint density at radius 1 is 1.47 bits per heavy atom. The molecule has 15 heavy (non-hydrogen) atoms. The third-order valence-corrected chi connectivity index (χ3v) is 4.03. The molecule has 1 saturated carbocycles. The maximum absolute atomic E-state index is 9.69. The Morgan fingerprint density at radius 2 is 2.20 bits per heavy atom. The lowest BCUT2D eigenvalue weighted by Gasteiger charge is -2.19. The highest BCUT2D eigenvalue weighted by Gasteiger charge is 2.23. The van der Waals surface area contributed by atoms with Crippen molar-refractivity contribution in [1.29, 1.82) is 0 Å². The minimum Gasteiger partial charge on any atom is -0.390 e. The zero-order chi connectivity index (χ0) is 11.3. The maximum atomic E-state index is 9.69. The van der Waals surface area contributed by atoms with E-state index >= 15 is 0 Å². The number of aliphatic hydroxyl groups is 1. The summed E-state index contributed by atoms with van der Waals surface area (Å²) < 4.78 is 0. The van der Waals surface area contributed by atoms with Gasteiger partial charge in [-0.25, -0.2) is 0 Å². The van der Waals surface area contributed by atoms with Crippen LogP contribution in [0.25, 0.3) is 0 Å². The standard InChI is InChI=1S/C11H24N2OS/c1-13(2)8-10(14)7-12-9-4-5-11(6-9)15-3/h9-12,14H,4-8H2,1-3H3. The molecule has 1 aliphatic carbocycles. The second-order valence-corrected chi connectivity index (χ2v) is 5.83. The van der Waals surface area contributed by atoms with Crippen LogP contribution in [0.1, 0.15) is 19.3 Å². The molecule has 1 rings (SSSR count). The molecule has 4 heteroatoms. The molecule has 0 aliphatic heterocycles. The lowest BCUT2D eigenvalue weighted by Crippen LogP contribution is -2.39. The smallest absolute Gasteiger partial charge is 0.0791 e. The van der Waals surface area contributed by atoms with Crippen molar-refractivity contribution in [3.8, 4) is 0 Å². The van der Waals surface area contributed by atoms with Crippen molar-refractivity contribution in [2.45, 2.75) is 36.7 Å². The maximum Gasteiger partial charge on any atom is 0.0791 e. The number of nitrogens with zero attached hydrogens (tertiary/aromatic N) is 1. The minimum atomic E-state index is -0.242. The van der Waals surface area contributed by atoms with Crippen LogP contribution in [0, 0.1) is 0 Å². The summed E-state index contributed by atoms with van der Waals surface area (Å²) in [7, 11) is 3.98. The van der Waals surface area contributed by atoms with Crippen molar-refractivity contribution in [2.75, 3.05) is 33.4 Å². The van der Waals surface area contributed by atoms with Crippen molar-refractivity contribution >= 4 is 11.8 Å². The number of aliphatic hydroxyl groups excluding tert-OH is 1. The first-order valence-corrected chi connectivity index (χ1v) is 6.99. The molecule has 0 aromatic heterocycles. The quantitative estimate of drug-likeness (QED) is 0.709. The average Bonchev–Trinajstić information content (AvgIpc) is 2.61. The molecule has 2 N–H and O–H groups in total. The Kier molecular flexibility index (Phi) is 5.97. The molecule has 1 fully saturated rings. The Balaban J connectivity index is 2.10. The van der Waals surface area contributed by atoms with E-state index in [1.807, 2.05) is 30.8 Å². The van der Waals surface area contributed by atoms with Crippen molar-refractivity contribution in [3.63, 3.8) is 0 Å². The van der Waals surface area contributed by atoms with Gasteiger partial charge >= 0.3 is 0 Å². The third kappa shape index (κ3) is 5.20. The topological polar surface area (TPSA) is 35.5 Å². The van der Waals surface area contributed by atoms with E-state index in [2.05, 4.69) is 11.6 Å². The summed E-state index contributed by atoms with van der Waals surface area (Å²) in [4.78, 5) is 2.02. The van der Waals surface area contributed by atoms with E-state index in [0.29, 0.717) is 6.04 Å². The number of nitrogens with one attached hydrogen (secondary N) is 1. The molecule has 0 saturated heterocycles. The number of hydrogen-bond acceptors (Lipinski definition) is 4. The van der Waals surface area contributed by atoms with Crippen molar-refractivity contribution in [2.24, 2.45) is 0 Å². The van der Waals surface area contributed by atoms with Gasteiger partial charge in [0.1, 0.15) is 0 Å². The van der Waals surface area contributed by atoms with E-state index in [0.717, 1.165) is 18.3 Å². The van der Waals surface area contributed by atoms with Gasteiger partial charge in [-0.1, -0.05) is 0 Å². The van der Waals surface area contributed by atoms with Crippen LogP contribution in [-0.2, 0) is 0 Å². The summed E-state index contributed by atoms with van der Waals surface area (Å²) in [5.74, 6) is 0. The highest BCUT2D eigenvalue weighted by atomic mass is 32.2. The summed E-state index contributed by atoms with van der Waals surface area (Å²) in [5.41, 5.74) is 0. The van der Waals surface area contributed by atoms with Crippen molar-refractivity contribution < 1.29 is 5.11 Å². The number of thioether (sulfide) groups is 1. The number of hydrogen-bond donors (Lipinski definition) is 2. The molecule has 0 aromatic rings. The lowest BCUT2D eigenvalue weighted by molar-refractivity contribution is 0.131. The van der Waals surface area contributed by atoms with Gasteiger partial charge in [-0.05, 0) is 39.6 Å². The fraction of sp³-hybridized carbons (Fsp3) is 1.00. The van der Waals surface area contributed by atoms with Crippen LogP contribution in [0.2, 0.25) is 0 Å². The van der Waals surface area contributed by atoms with Crippen molar-refractivity contribution in [3.05, 3.63) is 0 Å². The molecule has 1 aliphatic rings. The Morgan fingerprint density at radius 3 is 2.73 bits per heavy atom. The van der Waals surface area contributed by atoms with E-state index < -0.39 is 0 Å². The molecule has 0 aromatic carbocycles. The van der Waals surface area contributed by atoms with Crippen LogP contribution in [0.5, 0.6) is 0 Å². The third-order valence-electron chi connectivity index (χ3n) is 2.94. The van der Waals surface area contributed by atoms with Gasteiger partial charge in [-0.3, -0.25) is 0 Å². The van der Waals surface area contributed by atoms with E-state index in [1.165, 1.54) is 19.3 Å². The zero-order valence-corrected chi connectivity index (χ0v) is 10.9. The van der Waals surface area contributed by atoms with Crippen LogP contribution < -0.4 is 5.32 Å². The summed E-state index contributed by atoms with van der Waals surface area (Å²) >= 11 is 1.97. The summed E-state index contributed by atoms with van der Waals surface area (Å²) in [6.45, 7) is 1.47. The largest absolute Gasteiger partial charge is 0.390 e. The van der Waals surface area contributed by atoms with Gasteiger partial charge in [-0.15, -0.1) is 0 Å². The van der Waals surface area contributed by atoms with Gasteiger partial charge in [0, 0.05) is 24.4 Å². The van der Waals surface area contributed by atoms with Gasteiger partial charge in [0.2, 0.25) is 0 Å². The second-order valence-electron chi connectivity index (χ2n) is 4.69. The summed E-state index contributed by atoms with van der Waals surface area (Å²) in [6.07, 6.45) is 5.79. The molecule has 0 amide bonds.